The summed E-state index contributed by atoms with van der Waals surface area (Å²) in [6.45, 7) is 1.57. The van der Waals surface area contributed by atoms with E-state index in [-0.39, 0.29) is 34.8 Å². The maximum Gasteiger partial charge on any atom is 0.264 e. The van der Waals surface area contributed by atoms with Crippen molar-refractivity contribution in [2.24, 2.45) is 0 Å². The highest BCUT2D eigenvalue weighted by Crippen LogP contribution is 2.33. The number of benzene rings is 3. The Morgan fingerprint density at radius 1 is 0.955 bits per heavy atom. The molecule has 1 saturated carbocycles. The predicted octanol–water partition coefficient (Wildman–Crippen LogP) is 5.46. The lowest BCUT2D eigenvalue weighted by Crippen LogP contribution is -2.54. The fourth-order valence-corrected chi connectivity index (χ4v) is 7.06. The van der Waals surface area contributed by atoms with Crippen LogP contribution in [-0.4, -0.2) is 64.5 Å². The lowest BCUT2D eigenvalue weighted by atomic mass is 10.1. The summed E-state index contributed by atoms with van der Waals surface area (Å²) < 4.78 is 40.0. The molecule has 9 nitrogen and oxygen atoms in total. The number of carbonyl (C=O) groups excluding carboxylic acids is 2. The molecule has 0 saturated heterocycles. The maximum atomic E-state index is 14.2. The molecule has 0 heterocycles. The number of carbonyl (C=O) groups is 2. The van der Waals surface area contributed by atoms with Crippen LogP contribution in [0.15, 0.2) is 77.7 Å². The molecule has 44 heavy (non-hydrogen) atoms. The summed E-state index contributed by atoms with van der Waals surface area (Å²) in [5.74, 6) is -0.114. The van der Waals surface area contributed by atoms with Crippen LogP contribution in [0.3, 0.4) is 0 Å². The summed E-state index contributed by atoms with van der Waals surface area (Å²) in [6, 6.07) is 19.5. The van der Waals surface area contributed by atoms with E-state index in [1.807, 2.05) is 37.3 Å². The zero-order valence-electron chi connectivity index (χ0n) is 25.4. The molecule has 0 bridgehead atoms. The van der Waals surface area contributed by atoms with E-state index in [1.54, 1.807) is 24.3 Å². The van der Waals surface area contributed by atoms with Crippen LogP contribution < -0.4 is 19.1 Å². The van der Waals surface area contributed by atoms with Gasteiger partial charge in [-0.3, -0.25) is 13.9 Å². The third kappa shape index (κ3) is 8.04. The first-order valence-electron chi connectivity index (χ1n) is 14.8. The minimum atomic E-state index is -4.28. The van der Waals surface area contributed by atoms with Gasteiger partial charge >= 0.3 is 0 Å². The highest BCUT2D eigenvalue weighted by atomic mass is 35.5. The Labute approximate surface area is 265 Å². The second-order valence-corrected chi connectivity index (χ2v) is 13.0. The Morgan fingerprint density at radius 3 is 2.23 bits per heavy atom. The Hall–Kier alpha value is -3.76. The molecule has 1 N–H and O–H groups in total. The summed E-state index contributed by atoms with van der Waals surface area (Å²) in [7, 11) is -1.41. The van der Waals surface area contributed by atoms with Gasteiger partial charge < -0.3 is 19.7 Å². The fraction of sp³-hybridized carbons (Fsp3) is 0.394. The number of ether oxygens (including phenoxy) is 2. The summed E-state index contributed by atoms with van der Waals surface area (Å²) in [5, 5.41) is 3.55. The molecule has 0 aromatic heterocycles. The summed E-state index contributed by atoms with van der Waals surface area (Å²) in [4.78, 5) is 29.2. The van der Waals surface area contributed by atoms with Crippen LogP contribution >= 0.6 is 11.6 Å². The van der Waals surface area contributed by atoms with E-state index in [2.05, 4.69) is 5.32 Å². The van der Waals surface area contributed by atoms with E-state index in [9.17, 15) is 18.0 Å². The number of halogens is 1. The zero-order chi connectivity index (χ0) is 31.7. The first-order valence-corrected chi connectivity index (χ1v) is 16.6. The van der Waals surface area contributed by atoms with Crippen molar-refractivity contribution in [1.82, 2.24) is 10.2 Å². The average molecular weight is 642 g/mol. The van der Waals surface area contributed by atoms with Gasteiger partial charge in [-0.2, -0.15) is 0 Å². The molecule has 0 spiro atoms. The number of rotatable bonds is 14. The maximum absolute atomic E-state index is 14.2. The standard InChI is InChI=1S/C33H40ClN3O6S/c1-4-29(33(39)35-26-12-8-9-13-26)36(21-20-24-10-6-5-7-11-24)32(38)23-37(27-16-14-25(34)15-17-27)44(40,41)28-18-19-30(42-2)31(22-28)43-3/h5-7,10-11,14-19,22,26,29H,4,8-9,12-13,20-21,23H2,1-3H3,(H,35,39)/t29-/m1/s1. The molecule has 3 aromatic carbocycles. The molecule has 1 aliphatic rings. The first kappa shape index (κ1) is 33.1. The van der Waals surface area contributed by atoms with Crippen molar-refractivity contribution in [3.63, 3.8) is 0 Å². The second kappa shape index (κ2) is 15.3. The highest BCUT2D eigenvalue weighted by molar-refractivity contribution is 7.92. The van der Waals surface area contributed by atoms with Gasteiger partial charge in [0.15, 0.2) is 11.5 Å². The largest absolute Gasteiger partial charge is 0.493 e. The van der Waals surface area contributed by atoms with Crippen LogP contribution in [0.2, 0.25) is 5.02 Å². The molecule has 0 unspecified atom stereocenters. The third-order valence-corrected chi connectivity index (χ3v) is 9.93. The van der Waals surface area contributed by atoms with Crippen LogP contribution in [0, 0.1) is 0 Å². The number of hydrogen-bond donors (Lipinski definition) is 1. The van der Waals surface area contributed by atoms with Gasteiger partial charge in [-0.05, 0) is 67.6 Å². The zero-order valence-corrected chi connectivity index (χ0v) is 26.9. The van der Waals surface area contributed by atoms with Crippen molar-refractivity contribution in [2.45, 2.75) is 62.4 Å². The average Bonchev–Trinajstić information content (AvgIpc) is 3.55. The SMILES string of the molecule is CC[C@H](C(=O)NC1CCCC1)N(CCc1ccccc1)C(=O)CN(c1ccc(Cl)cc1)S(=O)(=O)c1ccc(OC)c(OC)c1. The second-order valence-electron chi connectivity index (χ2n) is 10.7. The van der Waals surface area contributed by atoms with E-state index in [1.165, 1.54) is 37.3 Å². The number of nitrogens with zero attached hydrogens (tertiary/aromatic N) is 2. The van der Waals surface area contributed by atoms with Gasteiger partial charge in [0.05, 0.1) is 24.8 Å². The van der Waals surface area contributed by atoms with Crippen molar-refractivity contribution in [3.8, 4) is 11.5 Å². The normalized spacial score (nSPS) is 14.1. The van der Waals surface area contributed by atoms with Gasteiger partial charge in [-0.1, -0.05) is 61.7 Å². The van der Waals surface area contributed by atoms with Crippen LogP contribution in [0.4, 0.5) is 5.69 Å². The van der Waals surface area contributed by atoms with E-state index < -0.39 is 28.5 Å². The predicted molar refractivity (Wildman–Crippen MR) is 172 cm³/mol. The van der Waals surface area contributed by atoms with Gasteiger partial charge in [-0.25, -0.2) is 8.42 Å². The molecule has 2 amide bonds. The minimum absolute atomic E-state index is 0.0821. The summed E-state index contributed by atoms with van der Waals surface area (Å²) >= 11 is 6.12. The Morgan fingerprint density at radius 2 is 1.61 bits per heavy atom. The molecule has 3 aromatic rings. The molecule has 0 radical (unpaired) electrons. The minimum Gasteiger partial charge on any atom is -0.493 e. The molecule has 1 aliphatic carbocycles. The van der Waals surface area contributed by atoms with Crippen LogP contribution in [0.1, 0.15) is 44.6 Å². The van der Waals surface area contributed by atoms with E-state index in [0.717, 1.165) is 35.6 Å². The quantitative estimate of drug-likeness (QED) is 0.251. The van der Waals surface area contributed by atoms with E-state index in [0.29, 0.717) is 23.6 Å². The number of methoxy groups -OCH3 is 2. The van der Waals surface area contributed by atoms with E-state index >= 15 is 0 Å². The molecule has 1 atom stereocenters. The number of sulfonamides is 1. The Bertz CT molecular complexity index is 1510. The Kier molecular flexibility index (Phi) is 11.5. The topological polar surface area (TPSA) is 105 Å². The third-order valence-electron chi connectivity index (χ3n) is 7.91. The van der Waals surface area contributed by atoms with Crippen molar-refractivity contribution in [1.29, 1.82) is 0 Å². The van der Waals surface area contributed by atoms with Gasteiger partial charge in [0.25, 0.3) is 10.0 Å². The summed E-state index contributed by atoms with van der Waals surface area (Å²) in [5.41, 5.74) is 1.26. The monoisotopic (exact) mass is 641 g/mol. The van der Waals surface area contributed by atoms with Crippen molar-refractivity contribution in [2.75, 3.05) is 31.6 Å². The smallest absolute Gasteiger partial charge is 0.264 e. The van der Waals surface area contributed by atoms with Crippen molar-refractivity contribution in [3.05, 3.63) is 83.4 Å². The van der Waals surface area contributed by atoms with Crippen LogP contribution in [-0.2, 0) is 26.0 Å². The number of hydrogen-bond acceptors (Lipinski definition) is 6. The van der Waals surface area contributed by atoms with Crippen LogP contribution in [0.5, 0.6) is 11.5 Å². The number of amides is 2. The number of nitrogens with one attached hydrogen (secondary N) is 1. The van der Waals surface area contributed by atoms with Crippen molar-refractivity contribution < 1.29 is 27.5 Å². The Balaban J connectivity index is 1.70. The lowest BCUT2D eigenvalue weighted by molar-refractivity contribution is -0.139. The van der Waals surface area contributed by atoms with Crippen molar-refractivity contribution >= 4 is 39.1 Å². The first-order chi connectivity index (χ1) is 21.2. The van der Waals surface area contributed by atoms with Gasteiger partial charge in [0.2, 0.25) is 11.8 Å². The molecule has 11 heteroatoms. The van der Waals surface area contributed by atoms with E-state index in [4.69, 9.17) is 21.1 Å². The molecule has 4 rings (SSSR count). The summed E-state index contributed by atoms with van der Waals surface area (Å²) in [6.07, 6.45) is 4.82. The highest BCUT2D eigenvalue weighted by Gasteiger charge is 2.34. The molecular formula is C33H40ClN3O6S. The van der Waals surface area contributed by atoms with Gasteiger partial charge in [-0.15, -0.1) is 0 Å². The fourth-order valence-electron chi connectivity index (χ4n) is 5.50. The number of anilines is 1. The van der Waals surface area contributed by atoms with Gasteiger partial charge in [0, 0.05) is 23.7 Å². The van der Waals surface area contributed by atoms with Crippen LogP contribution in [0.25, 0.3) is 0 Å². The van der Waals surface area contributed by atoms with Gasteiger partial charge in [0.1, 0.15) is 12.6 Å². The lowest BCUT2D eigenvalue weighted by Gasteiger charge is -2.33. The molecule has 0 aliphatic heterocycles. The molecular weight excluding hydrogens is 602 g/mol. The molecule has 1 fully saturated rings. The molecule has 236 valence electrons.